The highest BCUT2D eigenvalue weighted by molar-refractivity contribution is 6.48. The van der Waals surface area contributed by atoms with Gasteiger partial charge in [0.2, 0.25) is 5.91 Å². The van der Waals surface area contributed by atoms with Crippen molar-refractivity contribution in [3.8, 4) is 0 Å². The van der Waals surface area contributed by atoms with Crippen LogP contribution in [0.5, 0.6) is 0 Å². The summed E-state index contributed by atoms with van der Waals surface area (Å²) in [6, 6.07) is 0. The lowest BCUT2D eigenvalue weighted by atomic mass is 9.45. The van der Waals surface area contributed by atoms with Crippen LogP contribution in [0.4, 0.5) is 4.79 Å². The van der Waals surface area contributed by atoms with Gasteiger partial charge in [-0.3, -0.25) is 4.79 Å². The summed E-state index contributed by atoms with van der Waals surface area (Å²) in [5, 5.41) is 2.75. The molecular weight excluding hydrogens is 395 g/mol. The van der Waals surface area contributed by atoms with E-state index in [1.54, 1.807) is 34.6 Å². The Bertz CT molecular complexity index is 764. The van der Waals surface area contributed by atoms with Crippen LogP contribution in [-0.4, -0.2) is 59.3 Å². The number of alkyl carbamates (subject to hydrolysis) is 1. The maximum atomic E-state index is 13.4. The van der Waals surface area contributed by atoms with Gasteiger partial charge in [0.15, 0.2) is 0 Å². The van der Waals surface area contributed by atoms with Gasteiger partial charge >= 0.3 is 13.2 Å². The molecule has 31 heavy (non-hydrogen) atoms. The molecule has 5 atom stereocenters. The number of ether oxygens (including phenoxy) is 1. The molecule has 3 aliphatic carbocycles. The third-order valence-corrected chi connectivity index (χ3v) is 8.05. The van der Waals surface area contributed by atoms with Crippen molar-refractivity contribution in [1.29, 1.82) is 0 Å². The van der Waals surface area contributed by atoms with Crippen molar-refractivity contribution in [3.05, 3.63) is 0 Å². The Hall–Kier alpha value is -1.28. The van der Waals surface area contributed by atoms with E-state index in [0.717, 1.165) is 19.3 Å². The summed E-state index contributed by atoms with van der Waals surface area (Å²) in [4.78, 5) is 27.6. The van der Waals surface area contributed by atoms with Crippen LogP contribution < -0.4 is 5.32 Å². The van der Waals surface area contributed by atoms with E-state index >= 15 is 0 Å². The number of likely N-dealkylation sites (tertiary alicyclic amines) is 1. The molecule has 2 bridgehead atoms. The molecule has 8 heteroatoms. The average molecular weight is 434 g/mol. The van der Waals surface area contributed by atoms with Gasteiger partial charge in [0.1, 0.15) is 11.1 Å². The van der Waals surface area contributed by atoms with Gasteiger partial charge in [-0.2, -0.15) is 0 Å². The summed E-state index contributed by atoms with van der Waals surface area (Å²) in [5.41, 5.74) is -1.67. The minimum Gasteiger partial charge on any atom is -0.444 e. The van der Waals surface area contributed by atoms with Gasteiger partial charge in [-0.1, -0.05) is 13.8 Å². The van der Waals surface area contributed by atoms with E-state index in [1.807, 2.05) is 4.90 Å². The van der Waals surface area contributed by atoms with E-state index < -0.39 is 24.4 Å². The summed E-state index contributed by atoms with van der Waals surface area (Å²) < 4.78 is 18.4. The quantitative estimate of drug-likeness (QED) is 0.688. The second-order valence-electron chi connectivity index (χ2n) is 12.4. The number of nitrogens with one attached hydrogen (secondary N) is 1. The predicted molar refractivity (Wildman–Crippen MR) is 118 cm³/mol. The largest absolute Gasteiger partial charge is 0.481 e. The molecule has 5 fully saturated rings. The van der Waals surface area contributed by atoms with Crippen LogP contribution in [0, 0.1) is 17.3 Å². The first-order valence-electron chi connectivity index (χ1n) is 11.8. The van der Waals surface area contributed by atoms with Crippen molar-refractivity contribution in [2.75, 3.05) is 6.54 Å². The molecule has 2 aliphatic heterocycles. The van der Waals surface area contributed by atoms with Crippen LogP contribution in [-0.2, 0) is 18.8 Å². The first kappa shape index (κ1) is 22.9. The molecule has 0 aromatic heterocycles. The molecule has 2 saturated heterocycles. The number of hydrogen-bond donors (Lipinski definition) is 1. The summed E-state index contributed by atoms with van der Waals surface area (Å²) in [7, 11) is -0.408. The number of hydrogen-bond acceptors (Lipinski definition) is 5. The Kier molecular flexibility index (Phi) is 5.25. The average Bonchev–Trinajstić information content (AvgIpc) is 3.21. The minimum absolute atomic E-state index is 0.0861. The topological polar surface area (TPSA) is 77.1 Å². The second-order valence-corrected chi connectivity index (χ2v) is 12.4. The van der Waals surface area contributed by atoms with Crippen LogP contribution in [0.15, 0.2) is 0 Å². The summed E-state index contributed by atoms with van der Waals surface area (Å²) in [6.07, 6.45) is 3.48. The zero-order valence-corrected chi connectivity index (χ0v) is 20.4. The molecule has 5 rings (SSSR count). The summed E-state index contributed by atoms with van der Waals surface area (Å²) in [5.74, 6) is 0.934. The van der Waals surface area contributed by atoms with E-state index in [4.69, 9.17) is 14.0 Å². The molecule has 0 radical (unpaired) electrons. The highest BCUT2D eigenvalue weighted by Crippen LogP contribution is 2.64. The molecule has 0 unspecified atom stereocenters. The first-order chi connectivity index (χ1) is 14.1. The van der Waals surface area contributed by atoms with E-state index in [2.05, 4.69) is 26.1 Å². The number of carbonyl (C=O) groups is 2. The van der Waals surface area contributed by atoms with Crippen LogP contribution in [0.3, 0.4) is 0 Å². The Labute approximate surface area is 187 Å². The molecule has 1 N–H and O–H groups in total. The zero-order valence-electron chi connectivity index (χ0n) is 20.4. The lowest BCUT2D eigenvalue weighted by Crippen LogP contribution is -2.63. The number of nitrogens with zero attached hydrogens (tertiary/aromatic N) is 1. The van der Waals surface area contributed by atoms with Crippen molar-refractivity contribution in [3.63, 3.8) is 0 Å². The normalized spacial score (nSPS) is 36.6. The van der Waals surface area contributed by atoms with Gasteiger partial charge in [-0.15, -0.1) is 0 Å². The number of carbonyl (C=O) groups excluding carboxylic acids is 2. The van der Waals surface area contributed by atoms with Crippen molar-refractivity contribution >= 4 is 19.1 Å². The molecule has 174 valence electrons. The van der Waals surface area contributed by atoms with Crippen molar-refractivity contribution < 1.29 is 23.6 Å². The Balaban J connectivity index is 1.45. The SMILES string of the molecule is CC(C)(C)OC(=O)NC(C)(C)C(=O)N1CCC[C@H]1B1O[C@@H]2[C@@H]3C[C@H](C[C@]2(C)O1)C3(C)C. The first-order valence-corrected chi connectivity index (χ1v) is 11.8. The van der Waals surface area contributed by atoms with Crippen molar-refractivity contribution in [1.82, 2.24) is 10.2 Å². The van der Waals surface area contributed by atoms with Gasteiger partial charge < -0.3 is 24.3 Å². The van der Waals surface area contributed by atoms with E-state index in [0.29, 0.717) is 23.8 Å². The third-order valence-electron chi connectivity index (χ3n) is 8.05. The zero-order chi connectivity index (χ0) is 23.0. The Morgan fingerprint density at radius 3 is 2.45 bits per heavy atom. The van der Waals surface area contributed by atoms with Gasteiger partial charge in [0.05, 0.1) is 17.6 Å². The predicted octanol–water partition coefficient (Wildman–Crippen LogP) is 3.55. The molecule has 0 spiro atoms. The monoisotopic (exact) mass is 434 g/mol. The molecule has 0 aromatic carbocycles. The molecular formula is C23H39BN2O5. The molecule has 2 heterocycles. The molecule has 7 nitrogen and oxygen atoms in total. The van der Waals surface area contributed by atoms with Crippen molar-refractivity contribution in [2.45, 2.75) is 110 Å². The lowest BCUT2D eigenvalue weighted by molar-refractivity contribution is -0.185. The number of rotatable bonds is 3. The highest BCUT2D eigenvalue weighted by Gasteiger charge is 2.68. The van der Waals surface area contributed by atoms with Gasteiger partial charge in [-0.25, -0.2) is 4.79 Å². The fourth-order valence-electron chi connectivity index (χ4n) is 6.21. The fourth-order valence-corrected chi connectivity index (χ4v) is 6.21. The van der Waals surface area contributed by atoms with Crippen LogP contribution in [0.2, 0.25) is 0 Å². The van der Waals surface area contributed by atoms with Crippen LogP contribution in [0.1, 0.15) is 81.1 Å². The summed E-state index contributed by atoms with van der Waals surface area (Å²) in [6.45, 7) is 16.4. The Morgan fingerprint density at radius 1 is 1.16 bits per heavy atom. The maximum absolute atomic E-state index is 13.4. The maximum Gasteiger partial charge on any atom is 0.481 e. The molecule has 5 aliphatic rings. The smallest absolute Gasteiger partial charge is 0.444 e. The van der Waals surface area contributed by atoms with Gasteiger partial charge in [0, 0.05) is 6.54 Å². The fraction of sp³-hybridized carbons (Fsp3) is 0.913. The standard InChI is InChI=1S/C23H39BN2O5/c1-20(2,3)29-19(28)25-22(6,7)18(27)26-11-9-10-16(26)24-30-17-15-12-14(21(15,4)5)13-23(17,8)31-24/h14-17H,9-13H2,1-8H3,(H,25,28)/t14-,15+,16+,17-,23+/m1/s1. The van der Waals surface area contributed by atoms with Crippen LogP contribution >= 0.6 is 0 Å². The molecule has 0 aromatic rings. The summed E-state index contributed by atoms with van der Waals surface area (Å²) >= 11 is 0. The van der Waals surface area contributed by atoms with E-state index in [-0.39, 0.29) is 23.6 Å². The number of amides is 2. The van der Waals surface area contributed by atoms with Gasteiger partial charge in [0.25, 0.3) is 0 Å². The molecule has 3 saturated carbocycles. The van der Waals surface area contributed by atoms with Crippen LogP contribution in [0.25, 0.3) is 0 Å². The Morgan fingerprint density at radius 2 is 1.84 bits per heavy atom. The van der Waals surface area contributed by atoms with Crippen molar-refractivity contribution in [2.24, 2.45) is 17.3 Å². The lowest BCUT2D eigenvalue weighted by Gasteiger charge is -2.63. The van der Waals surface area contributed by atoms with E-state index in [1.165, 1.54) is 6.42 Å². The van der Waals surface area contributed by atoms with E-state index in [9.17, 15) is 9.59 Å². The molecule has 2 amide bonds. The van der Waals surface area contributed by atoms with Gasteiger partial charge in [-0.05, 0) is 84.5 Å². The third kappa shape index (κ3) is 3.88. The second kappa shape index (κ2) is 7.11. The minimum atomic E-state index is -1.08. The highest BCUT2D eigenvalue weighted by atomic mass is 16.7.